The van der Waals surface area contributed by atoms with Gasteiger partial charge in [0.15, 0.2) is 0 Å². The lowest BCUT2D eigenvalue weighted by atomic mass is 10.1. The number of carbonyl (C=O) groups is 2. The molecule has 0 radical (unpaired) electrons. The van der Waals surface area contributed by atoms with Crippen molar-refractivity contribution in [3.8, 4) is 5.75 Å². The lowest BCUT2D eigenvalue weighted by molar-refractivity contribution is -0.141. The van der Waals surface area contributed by atoms with E-state index >= 15 is 0 Å². The zero-order valence-corrected chi connectivity index (χ0v) is 21.5. The molecule has 8 nitrogen and oxygen atoms in total. The molecule has 0 aromatic heterocycles. The summed E-state index contributed by atoms with van der Waals surface area (Å²) in [5, 5.41) is 2.76. The van der Waals surface area contributed by atoms with E-state index in [2.05, 4.69) is 5.32 Å². The van der Waals surface area contributed by atoms with Gasteiger partial charge in [0.1, 0.15) is 17.6 Å². The summed E-state index contributed by atoms with van der Waals surface area (Å²) in [5.41, 5.74) is 1.13. The molecule has 0 saturated carbocycles. The largest absolute Gasteiger partial charge is 0.497 e. The maximum Gasteiger partial charge on any atom is 0.242 e. The molecule has 2 amide bonds. The topological polar surface area (TPSA) is 96.0 Å². The molecule has 0 heterocycles. The van der Waals surface area contributed by atoms with Crippen LogP contribution in [0.15, 0.2) is 48.5 Å². The fourth-order valence-corrected chi connectivity index (χ4v) is 4.72. The quantitative estimate of drug-likeness (QED) is 0.449. The number of rotatable bonds is 13. The van der Waals surface area contributed by atoms with E-state index in [1.54, 1.807) is 43.3 Å². The summed E-state index contributed by atoms with van der Waals surface area (Å²) in [6, 6.07) is 11.8. The van der Waals surface area contributed by atoms with Gasteiger partial charge in [0, 0.05) is 32.1 Å². The molecule has 0 spiro atoms. The molecule has 0 aliphatic heterocycles. The molecule has 1 N–H and O–H groups in total. The predicted octanol–water partition coefficient (Wildman–Crippen LogP) is 3.32. The number of anilines is 1. The van der Waals surface area contributed by atoms with Gasteiger partial charge in [-0.15, -0.1) is 0 Å². The molecule has 192 valence electrons. The summed E-state index contributed by atoms with van der Waals surface area (Å²) in [6.07, 6.45) is 1.79. The molecule has 35 heavy (non-hydrogen) atoms. The molecule has 0 unspecified atom stereocenters. The Labute approximate surface area is 207 Å². The summed E-state index contributed by atoms with van der Waals surface area (Å²) in [7, 11) is -2.11. The molecule has 0 aliphatic carbocycles. The van der Waals surface area contributed by atoms with Gasteiger partial charge in [0.05, 0.1) is 19.1 Å². The zero-order chi connectivity index (χ0) is 26.0. The maximum absolute atomic E-state index is 13.4. The Kier molecular flexibility index (Phi) is 10.5. The first-order chi connectivity index (χ1) is 16.6. The van der Waals surface area contributed by atoms with Gasteiger partial charge in [-0.05, 0) is 49.6 Å². The van der Waals surface area contributed by atoms with Crippen molar-refractivity contribution in [2.75, 3.05) is 30.8 Å². The number of hydrogen-bond donors (Lipinski definition) is 1. The smallest absolute Gasteiger partial charge is 0.242 e. The highest BCUT2D eigenvalue weighted by Crippen LogP contribution is 2.24. The highest BCUT2D eigenvalue weighted by atomic mass is 32.2. The van der Waals surface area contributed by atoms with Crippen LogP contribution in [0.1, 0.15) is 38.7 Å². The molecular formula is C25H34FN3O5S. The molecular weight excluding hydrogens is 473 g/mol. The Bertz CT molecular complexity index is 1090. The number of nitrogens with zero attached hydrogens (tertiary/aromatic N) is 2. The van der Waals surface area contributed by atoms with E-state index in [9.17, 15) is 22.4 Å². The van der Waals surface area contributed by atoms with Crippen LogP contribution in [0.2, 0.25) is 0 Å². The minimum atomic E-state index is -3.60. The number of likely N-dealkylation sites (N-methyl/N-ethyl adjacent to an activating group) is 1. The first-order valence-corrected chi connectivity index (χ1v) is 13.4. The van der Waals surface area contributed by atoms with E-state index in [1.807, 2.05) is 6.92 Å². The summed E-state index contributed by atoms with van der Waals surface area (Å²) < 4.78 is 44.6. The number of sulfonamides is 1. The normalized spacial score (nSPS) is 12.0. The van der Waals surface area contributed by atoms with Crippen molar-refractivity contribution in [2.24, 2.45) is 0 Å². The molecule has 0 aliphatic rings. The van der Waals surface area contributed by atoms with E-state index in [0.29, 0.717) is 30.0 Å². The zero-order valence-electron chi connectivity index (χ0n) is 20.7. The number of benzene rings is 2. The second-order valence-corrected chi connectivity index (χ2v) is 10.0. The van der Waals surface area contributed by atoms with E-state index in [1.165, 1.54) is 28.4 Å². The van der Waals surface area contributed by atoms with Crippen LogP contribution in [0.25, 0.3) is 0 Å². The van der Waals surface area contributed by atoms with Crippen molar-refractivity contribution in [1.29, 1.82) is 0 Å². The van der Waals surface area contributed by atoms with Gasteiger partial charge in [-0.1, -0.05) is 25.1 Å². The minimum absolute atomic E-state index is 0.0348. The monoisotopic (exact) mass is 507 g/mol. The minimum Gasteiger partial charge on any atom is -0.497 e. The van der Waals surface area contributed by atoms with E-state index in [-0.39, 0.29) is 43.6 Å². The van der Waals surface area contributed by atoms with Crippen LogP contribution >= 0.6 is 0 Å². The molecule has 0 fully saturated rings. The predicted molar refractivity (Wildman–Crippen MR) is 134 cm³/mol. The van der Waals surface area contributed by atoms with Crippen molar-refractivity contribution in [2.45, 2.75) is 45.7 Å². The highest BCUT2D eigenvalue weighted by molar-refractivity contribution is 7.92. The lowest BCUT2D eigenvalue weighted by Gasteiger charge is -2.31. The fourth-order valence-electron chi connectivity index (χ4n) is 3.77. The molecule has 2 rings (SSSR count). The molecule has 10 heteroatoms. The Morgan fingerprint density at radius 3 is 2.37 bits per heavy atom. The third-order valence-corrected chi connectivity index (χ3v) is 6.69. The van der Waals surface area contributed by atoms with Gasteiger partial charge in [-0.3, -0.25) is 13.9 Å². The standard InChI is InChI=1S/C25H34FN3O5S/c1-5-23(25(31)27-6-2)28(18-19-12-14-20(26)15-13-19)24(30)11-8-16-29(35(4,32)33)21-9-7-10-22(17-21)34-3/h7,9-10,12-15,17,23H,5-6,8,11,16,18H2,1-4H3,(H,27,31)/t23-/m0/s1. The SMILES string of the molecule is CCNC(=O)[C@H](CC)N(Cc1ccc(F)cc1)C(=O)CCCN(c1cccc(OC)c1)S(C)(=O)=O. The molecule has 0 bridgehead atoms. The number of nitrogens with one attached hydrogen (secondary N) is 1. The number of ether oxygens (including phenoxy) is 1. The molecule has 0 saturated heterocycles. The van der Waals surface area contributed by atoms with Crippen LogP contribution in [0.3, 0.4) is 0 Å². The van der Waals surface area contributed by atoms with Gasteiger partial charge in [-0.25, -0.2) is 12.8 Å². The maximum atomic E-state index is 13.4. The summed E-state index contributed by atoms with van der Waals surface area (Å²) in [5.74, 6) is -0.419. The van der Waals surface area contributed by atoms with Crippen molar-refractivity contribution >= 4 is 27.5 Å². The number of amides is 2. The van der Waals surface area contributed by atoms with Crippen molar-refractivity contribution in [3.05, 3.63) is 59.9 Å². The number of hydrogen-bond acceptors (Lipinski definition) is 5. The Morgan fingerprint density at radius 2 is 1.80 bits per heavy atom. The average molecular weight is 508 g/mol. The van der Waals surface area contributed by atoms with Crippen LogP contribution in [0, 0.1) is 5.82 Å². The Balaban J connectivity index is 2.20. The third-order valence-electron chi connectivity index (χ3n) is 5.50. The van der Waals surface area contributed by atoms with Crippen LogP contribution in [-0.2, 0) is 26.2 Å². The van der Waals surface area contributed by atoms with E-state index < -0.39 is 16.1 Å². The van der Waals surface area contributed by atoms with Crippen LogP contribution in [0.5, 0.6) is 5.75 Å². The number of carbonyl (C=O) groups excluding carboxylic acids is 2. The van der Waals surface area contributed by atoms with Crippen molar-refractivity contribution in [3.63, 3.8) is 0 Å². The number of halogens is 1. The second-order valence-electron chi connectivity index (χ2n) is 8.11. The first kappa shape index (κ1) is 28.1. The van der Waals surface area contributed by atoms with E-state index in [4.69, 9.17) is 4.74 Å². The fraction of sp³-hybridized carbons (Fsp3) is 0.440. The van der Waals surface area contributed by atoms with Crippen LogP contribution in [-0.4, -0.2) is 57.6 Å². The summed E-state index contributed by atoms with van der Waals surface area (Å²) in [4.78, 5) is 27.4. The summed E-state index contributed by atoms with van der Waals surface area (Å²) in [6.45, 7) is 4.27. The van der Waals surface area contributed by atoms with Crippen LogP contribution < -0.4 is 14.4 Å². The molecule has 1 atom stereocenters. The van der Waals surface area contributed by atoms with Gasteiger partial charge >= 0.3 is 0 Å². The average Bonchev–Trinajstić information content (AvgIpc) is 2.82. The lowest BCUT2D eigenvalue weighted by Crippen LogP contribution is -2.49. The number of methoxy groups -OCH3 is 1. The Hall–Kier alpha value is -3.14. The van der Waals surface area contributed by atoms with Gasteiger partial charge in [0.25, 0.3) is 0 Å². The van der Waals surface area contributed by atoms with Crippen molar-refractivity contribution < 1.29 is 27.1 Å². The van der Waals surface area contributed by atoms with Crippen LogP contribution in [0.4, 0.5) is 10.1 Å². The Morgan fingerprint density at radius 1 is 1.11 bits per heavy atom. The molecule has 2 aromatic carbocycles. The van der Waals surface area contributed by atoms with Gasteiger partial charge in [0.2, 0.25) is 21.8 Å². The third kappa shape index (κ3) is 8.24. The van der Waals surface area contributed by atoms with E-state index in [0.717, 1.165) is 6.26 Å². The van der Waals surface area contributed by atoms with Gasteiger partial charge < -0.3 is 15.0 Å². The van der Waals surface area contributed by atoms with Gasteiger partial charge in [-0.2, -0.15) is 0 Å². The molecule has 2 aromatic rings. The summed E-state index contributed by atoms with van der Waals surface area (Å²) >= 11 is 0. The van der Waals surface area contributed by atoms with Crippen molar-refractivity contribution in [1.82, 2.24) is 10.2 Å². The highest BCUT2D eigenvalue weighted by Gasteiger charge is 2.28. The first-order valence-electron chi connectivity index (χ1n) is 11.5. The second kappa shape index (κ2) is 13.1.